The Morgan fingerprint density at radius 1 is 0.686 bits per heavy atom. The molecule has 0 atom stereocenters. The molecule has 0 saturated heterocycles. The van der Waals surface area contributed by atoms with E-state index in [0.717, 1.165) is 13.1 Å². The van der Waals surface area contributed by atoms with Crippen LogP contribution in [0.2, 0.25) is 0 Å². The van der Waals surface area contributed by atoms with Crippen molar-refractivity contribution in [3.63, 3.8) is 0 Å². The Morgan fingerprint density at radius 2 is 0.971 bits per heavy atom. The highest BCUT2D eigenvalue weighted by atomic mass is 16.3. The minimum absolute atomic E-state index is 0.500. The second-order valence-corrected chi connectivity index (χ2v) is 10.2. The van der Waals surface area contributed by atoms with Gasteiger partial charge in [0.05, 0.1) is 18.0 Å². The summed E-state index contributed by atoms with van der Waals surface area (Å²) in [4.78, 5) is 0. The first-order valence-corrected chi connectivity index (χ1v) is 13.6. The summed E-state index contributed by atoms with van der Waals surface area (Å²) < 4.78 is 3.81. The highest BCUT2D eigenvalue weighted by Gasteiger charge is 1.98. The topological polar surface area (TPSA) is 81.6 Å². The number of allylic oxidation sites excluding steroid dienone is 1. The standard InChI is InChI=1S/2C10H19N3.C4H10O.C4H8/c2*1-2-3-4-5-6-7-9-13-10-8-11-12-13;1-4(2,3)5;1-4(2)3/h2*8,10H,2-7,9H2,1H3;5H,1-3H3;1H2,2-3H3. The zero-order chi connectivity index (χ0) is 26.8. The van der Waals surface area contributed by atoms with E-state index in [9.17, 15) is 0 Å². The van der Waals surface area contributed by atoms with Gasteiger partial charge in [-0.25, -0.2) is 0 Å². The Kier molecular flexibility index (Phi) is 25.2. The first-order valence-electron chi connectivity index (χ1n) is 13.6. The van der Waals surface area contributed by atoms with E-state index in [1.807, 2.05) is 35.6 Å². The predicted octanol–water partition coefficient (Wildman–Crippen LogP) is 7.64. The van der Waals surface area contributed by atoms with Gasteiger partial charge in [-0.05, 0) is 47.5 Å². The molecule has 7 nitrogen and oxygen atoms in total. The monoisotopic (exact) mass is 492 g/mol. The first kappa shape index (κ1) is 35.1. The number of aromatic nitrogens is 6. The van der Waals surface area contributed by atoms with Gasteiger partial charge in [-0.2, -0.15) is 0 Å². The summed E-state index contributed by atoms with van der Waals surface area (Å²) in [6, 6.07) is 0. The number of rotatable bonds is 14. The van der Waals surface area contributed by atoms with E-state index >= 15 is 0 Å². The van der Waals surface area contributed by atoms with Crippen molar-refractivity contribution in [2.24, 2.45) is 0 Å². The van der Waals surface area contributed by atoms with Crippen LogP contribution in [0.5, 0.6) is 0 Å². The summed E-state index contributed by atoms with van der Waals surface area (Å²) in [5.74, 6) is 0. The first-order chi connectivity index (χ1) is 16.6. The second-order valence-electron chi connectivity index (χ2n) is 10.2. The van der Waals surface area contributed by atoms with E-state index in [-0.39, 0.29) is 0 Å². The van der Waals surface area contributed by atoms with Gasteiger partial charge in [-0.1, -0.05) is 94.1 Å². The molecule has 0 fully saturated rings. The van der Waals surface area contributed by atoms with E-state index in [1.54, 1.807) is 33.2 Å². The van der Waals surface area contributed by atoms with Gasteiger partial charge in [-0.15, -0.1) is 16.8 Å². The van der Waals surface area contributed by atoms with Gasteiger partial charge < -0.3 is 5.11 Å². The van der Waals surface area contributed by atoms with Crippen LogP contribution in [-0.2, 0) is 13.1 Å². The Balaban J connectivity index is 0. The van der Waals surface area contributed by atoms with Crippen molar-refractivity contribution in [2.75, 3.05) is 0 Å². The molecule has 0 spiro atoms. The fraction of sp³-hybridized carbons (Fsp3) is 0.786. The summed E-state index contributed by atoms with van der Waals surface area (Å²) in [5, 5.41) is 23.9. The van der Waals surface area contributed by atoms with Crippen LogP contribution >= 0.6 is 0 Å². The maximum atomic E-state index is 8.52. The highest BCUT2D eigenvalue weighted by molar-refractivity contribution is 4.78. The smallest absolute Gasteiger partial charge is 0.0692 e. The Morgan fingerprint density at radius 3 is 1.23 bits per heavy atom. The zero-order valence-corrected chi connectivity index (χ0v) is 24.0. The number of hydrogen-bond donors (Lipinski definition) is 1. The third-order valence-corrected chi connectivity index (χ3v) is 4.43. The second kappa shape index (κ2) is 25.1. The minimum atomic E-state index is -0.500. The van der Waals surface area contributed by atoms with Gasteiger partial charge in [-0.3, -0.25) is 9.36 Å². The zero-order valence-electron chi connectivity index (χ0n) is 24.0. The number of unbranched alkanes of at least 4 members (excludes halogenated alkanes) is 10. The fourth-order valence-electron chi connectivity index (χ4n) is 2.81. The molecule has 2 aromatic rings. The molecule has 0 bridgehead atoms. The van der Waals surface area contributed by atoms with Crippen LogP contribution in [0.25, 0.3) is 0 Å². The molecule has 0 amide bonds. The summed E-state index contributed by atoms with van der Waals surface area (Å²) in [7, 11) is 0. The van der Waals surface area contributed by atoms with Crippen molar-refractivity contribution in [1.82, 2.24) is 30.0 Å². The van der Waals surface area contributed by atoms with Crippen LogP contribution in [0.1, 0.15) is 126 Å². The van der Waals surface area contributed by atoms with Crippen molar-refractivity contribution in [3.05, 3.63) is 36.9 Å². The molecule has 2 aromatic heterocycles. The van der Waals surface area contributed by atoms with E-state index in [2.05, 4.69) is 41.1 Å². The van der Waals surface area contributed by atoms with Crippen molar-refractivity contribution in [1.29, 1.82) is 0 Å². The third kappa shape index (κ3) is 36.7. The molecular weight excluding hydrogens is 436 g/mol. The van der Waals surface area contributed by atoms with Gasteiger partial charge in [0.25, 0.3) is 0 Å². The van der Waals surface area contributed by atoms with Crippen LogP contribution in [0, 0.1) is 0 Å². The molecule has 7 heteroatoms. The summed E-state index contributed by atoms with van der Waals surface area (Å²) in [6.07, 6.45) is 23.3. The van der Waals surface area contributed by atoms with Gasteiger partial charge in [0, 0.05) is 25.5 Å². The van der Waals surface area contributed by atoms with Gasteiger partial charge >= 0.3 is 0 Å². The summed E-state index contributed by atoms with van der Waals surface area (Å²) >= 11 is 0. The molecule has 0 aliphatic heterocycles. The normalized spacial score (nSPS) is 10.3. The summed E-state index contributed by atoms with van der Waals surface area (Å²) in [6.45, 7) is 19.3. The largest absolute Gasteiger partial charge is 0.391 e. The number of nitrogens with zero attached hydrogens (tertiary/aromatic N) is 6. The Labute approximate surface area is 216 Å². The van der Waals surface area contributed by atoms with E-state index in [0.29, 0.717) is 0 Å². The molecule has 0 unspecified atom stereocenters. The van der Waals surface area contributed by atoms with Gasteiger partial charge in [0.1, 0.15) is 0 Å². The highest BCUT2D eigenvalue weighted by Crippen LogP contribution is 2.06. The molecule has 2 heterocycles. The van der Waals surface area contributed by atoms with Crippen molar-refractivity contribution < 1.29 is 5.11 Å². The van der Waals surface area contributed by atoms with Crippen molar-refractivity contribution in [2.45, 2.75) is 144 Å². The maximum absolute atomic E-state index is 8.52. The molecule has 0 saturated carbocycles. The minimum Gasteiger partial charge on any atom is -0.391 e. The van der Waals surface area contributed by atoms with Crippen LogP contribution in [0.15, 0.2) is 36.9 Å². The average molecular weight is 493 g/mol. The molecule has 0 radical (unpaired) electrons. The third-order valence-electron chi connectivity index (χ3n) is 4.43. The Hall–Kier alpha value is -2.02. The van der Waals surface area contributed by atoms with Crippen molar-refractivity contribution >= 4 is 0 Å². The lowest BCUT2D eigenvalue weighted by molar-refractivity contribution is 0.102. The van der Waals surface area contributed by atoms with Crippen LogP contribution < -0.4 is 0 Å². The Bertz CT molecular complexity index is 591. The van der Waals surface area contributed by atoms with E-state index in [1.165, 1.54) is 82.6 Å². The lowest BCUT2D eigenvalue weighted by atomic mass is 10.1. The van der Waals surface area contributed by atoms with E-state index < -0.39 is 5.60 Å². The van der Waals surface area contributed by atoms with Crippen molar-refractivity contribution in [3.8, 4) is 0 Å². The number of aliphatic hydroxyl groups is 1. The van der Waals surface area contributed by atoms with Crippen LogP contribution in [0.3, 0.4) is 0 Å². The fourth-order valence-corrected chi connectivity index (χ4v) is 2.81. The molecule has 204 valence electrons. The quantitative estimate of drug-likeness (QED) is 0.216. The average Bonchev–Trinajstić information content (AvgIpc) is 3.46. The number of hydrogen-bond acceptors (Lipinski definition) is 5. The van der Waals surface area contributed by atoms with Crippen LogP contribution in [0.4, 0.5) is 0 Å². The molecular formula is C28H56N6O. The summed E-state index contributed by atoms with van der Waals surface area (Å²) in [5.41, 5.74) is 0.667. The molecule has 1 N–H and O–H groups in total. The SMILES string of the molecule is C=C(C)C.CC(C)(C)O.CCCCCCCCn1ccnn1.CCCCCCCCn1ccnn1. The molecule has 0 aliphatic carbocycles. The molecule has 35 heavy (non-hydrogen) atoms. The predicted molar refractivity (Wildman–Crippen MR) is 149 cm³/mol. The molecule has 2 rings (SSSR count). The lowest BCUT2D eigenvalue weighted by Crippen LogP contribution is -2.10. The van der Waals surface area contributed by atoms with Gasteiger partial charge in [0.15, 0.2) is 0 Å². The lowest BCUT2D eigenvalue weighted by Gasteiger charge is -2.04. The van der Waals surface area contributed by atoms with Gasteiger partial charge in [0.2, 0.25) is 0 Å². The number of aryl methyl sites for hydroxylation is 2. The van der Waals surface area contributed by atoms with E-state index in [4.69, 9.17) is 5.11 Å². The molecule has 0 aliphatic rings. The molecule has 0 aromatic carbocycles. The van der Waals surface area contributed by atoms with Crippen LogP contribution in [-0.4, -0.2) is 40.7 Å². The maximum Gasteiger partial charge on any atom is 0.0692 e.